The van der Waals surface area contributed by atoms with Gasteiger partial charge in [-0.3, -0.25) is 4.79 Å². The molecule has 4 rings (SSSR count). The summed E-state index contributed by atoms with van der Waals surface area (Å²) in [6.45, 7) is 6.36. The molecule has 3 aromatic rings. The number of halogens is 3. The number of amides is 1. The predicted molar refractivity (Wildman–Crippen MR) is 133 cm³/mol. The smallest absolute Gasteiger partial charge is 0.383 e. The van der Waals surface area contributed by atoms with Gasteiger partial charge in [0, 0.05) is 23.8 Å². The Morgan fingerprint density at radius 2 is 1.84 bits per heavy atom. The van der Waals surface area contributed by atoms with E-state index >= 15 is 0 Å². The molecule has 0 spiro atoms. The highest BCUT2D eigenvalue weighted by atomic mass is 32.2. The molecule has 3 N–H and O–H groups in total. The molecule has 1 aromatic carbocycles. The molecule has 1 aliphatic rings. The third-order valence-corrected chi connectivity index (χ3v) is 7.65. The van der Waals surface area contributed by atoms with Crippen LogP contribution >= 0.6 is 0 Å². The van der Waals surface area contributed by atoms with Crippen molar-refractivity contribution in [2.45, 2.75) is 43.8 Å². The molecule has 1 fully saturated rings. The fourth-order valence-corrected chi connectivity index (χ4v) is 5.81. The highest BCUT2D eigenvalue weighted by Crippen LogP contribution is 2.40. The van der Waals surface area contributed by atoms with Crippen molar-refractivity contribution in [2.24, 2.45) is 5.92 Å². The topological polar surface area (TPSA) is 118 Å². The molecule has 0 aliphatic carbocycles. The number of hydrogen-bond acceptors (Lipinski definition) is 7. The molecule has 2 aromatic heterocycles. The van der Waals surface area contributed by atoms with E-state index < -0.39 is 33.2 Å². The molecule has 8 nitrogen and oxygen atoms in total. The van der Waals surface area contributed by atoms with E-state index in [1.54, 1.807) is 0 Å². The van der Waals surface area contributed by atoms with Crippen LogP contribution in [-0.2, 0) is 16.2 Å². The second kappa shape index (κ2) is 9.33. The van der Waals surface area contributed by atoms with Gasteiger partial charge >= 0.3 is 6.18 Å². The van der Waals surface area contributed by atoms with Crippen molar-refractivity contribution in [3.63, 3.8) is 0 Å². The van der Waals surface area contributed by atoms with Gasteiger partial charge in [-0.05, 0) is 56.5 Å². The van der Waals surface area contributed by atoms with Gasteiger partial charge < -0.3 is 10.6 Å². The average molecular weight is 534 g/mol. The lowest BCUT2D eigenvalue weighted by Crippen LogP contribution is -2.41. The van der Waals surface area contributed by atoms with Gasteiger partial charge in [-0.25, -0.2) is 23.1 Å². The van der Waals surface area contributed by atoms with E-state index in [1.165, 1.54) is 48.7 Å². The molecule has 0 bridgehead atoms. The zero-order valence-corrected chi connectivity index (χ0v) is 21.2. The third-order valence-electron chi connectivity index (χ3n) is 6.27. The number of pyridine rings is 2. The van der Waals surface area contributed by atoms with E-state index in [-0.39, 0.29) is 39.3 Å². The number of nitrogen functional groups attached to an aromatic ring is 1. The van der Waals surface area contributed by atoms with Gasteiger partial charge in [0.15, 0.2) is 0 Å². The molecule has 0 unspecified atom stereocenters. The van der Waals surface area contributed by atoms with Crippen LogP contribution in [0.5, 0.6) is 0 Å². The Labute approximate surface area is 212 Å². The zero-order valence-electron chi connectivity index (χ0n) is 20.4. The van der Waals surface area contributed by atoms with E-state index in [2.05, 4.69) is 9.97 Å². The first-order valence-corrected chi connectivity index (χ1v) is 12.9. The Bertz CT molecular complexity index is 1460. The maximum absolute atomic E-state index is 13.7. The fourth-order valence-electron chi connectivity index (χ4n) is 4.76. The molecule has 1 atom stereocenters. The first-order valence-electron chi connectivity index (χ1n) is 11.4. The standard InChI is InChI=1S/C25H26F3N5O3S/c1-15-13-24(2,3)33(14-15)22-17(23(34)32-37(35,36)20-9-6-12-30-21(20)29)10-11-19(31-22)16-7-4-5-8-18(16)25(26,27)28/h4-12,15H,13-14H2,1-3H3,(H2,29,30)(H,32,34)/t15-/m0/s1. The van der Waals surface area contributed by atoms with Crippen LogP contribution in [0.4, 0.5) is 24.8 Å². The van der Waals surface area contributed by atoms with Crippen LogP contribution in [0.2, 0.25) is 0 Å². The Balaban J connectivity index is 1.83. The maximum atomic E-state index is 13.7. The number of hydrogen-bond donors (Lipinski definition) is 2. The van der Waals surface area contributed by atoms with Gasteiger partial charge in [-0.2, -0.15) is 13.2 Å². The lowest BCUT2D eigenvalue weighted by Gasteiger charge is -2.34. The highest BCUT2D eigenvalue weighted by Gasteiger charge is 2.40. The van der Waals surface area contributed by atoms with Crippen LogP contribution in [0.25, 0.3) is 11.3 Å². The van der Waals surface area contributed by atoms with E-state index in [1.807, 2.05) is 30.4 Å². The van der Waals surface area contributed by atoms with Crippen molar-refractivity contribution in [2.75, 3.05) is 17.2 Å². The summed E-state index contributed by atoms with van der Waals surface area (Å²) in [6.07, 6.45) is -2.57. The monoisotopic (exact) mass is 533 g/mol. The number of nitrogens with one attached hydrogen (secondary N) is 1. The quantitative estimate of drug-likeness (QED) is 0.496. The van der Waals surface area contributed by atoms with Gasteiger partial charge in [-0.15, -0.1) is 0 Å². The second-order valence-corrected chi connectivity index (χ2v) is 11.3. The summed E-state index contributed by atoms with van der Waals surface area (Å²) < 4.78 is 68.9. The zero-order chi connectivity index (χ0) is 27.2. The van der Waals surface area contributed by atoms with Crippen LogP contribution in [0.3, 0.4) is 0 Å². The maximum Gasteiger partial charge on any atom is 0.417 e. The number of carbonyl (C=O) groups is 1. The number of aromatic nitrogens is 2. The number of nitrogens with zero attached hydrogens (tertiary/aromatic N) is 3. The fraction of sp³-hybridized carbons (Fsp3) is 0.320. The summed E-state index contributed by atoms with van der Waals surface area (Å²) in [7, 11) is -4.39. The van der Waals surface area contributed by atoms with Crippen molar-refractivity contribution >= 4 is 27.6 Å². The number of benzene rings is 1. The van der Waals surface area contributed by atoms with E-state index in [0.29, 0.717) is 6.54 Å². The van der Waals surface area contributed by atoms with Crippen molar-refractivity contribution in [3.8, 4) is 11.3 Å². The molecule has 1 saturated heterocycles. The van der Waals surface area contributed by atoms with Crippen molar-refractivity contribution in [3.05, 3.63) is 65.9 Å². The normalized spacial score (nSPS) is 17.6. The molecule has 196 valence electrons. The van der Waals surface area contributed by atoms with Gasteiger partial charge in [0.1, 0.15) is 16.5 Å². The molecule has 37 heavy (non-hydrogen) atoms. The Kier molecular flexibility index (Phi) is 6.65. The number of alkyl halides is 3. The van der Waals surface area contributed by atoms with Crippen molar-refractivity contribution in [1.82, 2.24) is 14.7 Å². The van der Waals surface area contributed by atoms with Crippen LogP contribution < -0.4 is 15.4 Å². The van der Waals surface area contributed by atoms with Crippen LogP contribution in [0.1, 0.15) is 43.1 Å². The van der Waals surface area contributed by atoms with E-state index in [0.717, 1.165) is 12.5 Å². The SMILES string of the molecule is C[C@@H]1CN(c2nc(-c3ccccc3C(F)(F)F)ccc2C(=O)NS(=O)(=O)c2cccnc2N)C(C)(C)C1. The molecule has 1 amide bonds. The summed E-state index contributed by atoms with van der Waals surface area (Å²) in [6, 6.07) is 10.2. The Morgan fingerprint density at radius 1 is 1.14 bits per heavy atom. The second-order valence-electron chi connectivity index (χ2n) is 9.66. The number of carbonyl (C=O) groups excluding carboxylic acids is 1. The lowest BCUT2D eigenvalue weighted by atomic mass is 9.97. The molecule has 1 aliphatic heterocycles. The Morgan fingerprint density at radius 3 is 2.46 bits per heavy atom. The number of anilines is 2. The van der Waals surface area contributed by atoms with E-state index in [9.17, 15) is 26.4 Å². The minimum atomic E-state index is -4.62. The summed E-state index contributed by atoms with van der Waals surface area (Å²) in [5, 5.41) is 0. The van der Waals surface area contributed by atoms with Gasteiger partial charge in [0.2, 0.25) is 0 Å². The molecular formula is C25H26F3N5O3S. The summed E-state index contributed by atoms with van der Waals surface area (Å²) in [5.41, 5.74) is 4.09. The molecule has 3 heterocycles. The molecular weight excluding hydrogens is 507 g/mol. The largest absolute Gasteiger partial charge is 0.417 e. The van der Waals surface area contributed by atoms with Crippen LogP contribution in [-0.4, -0.2) is 36.4 Å². The third kappa shape index (κ3) is 5.24. The lowest BCUT2D eigenvalue weighted by molar-refractivity contribution is -0.137. The summed E-state index contributed by atoms with van der Waals surface area (Å²) >= 11 is 0. The average Bonchev–Trinajstić information content (AvgIpc) is 3.09. The first kappa shape index (κ1) is 26.4. The molecule has 0 saturated carbocycles. The Hall–Kier alpha value is -3.67. The number of rotatable bonds is 5. The van der Waals surface area contributed by atoms with Crippen molar-refractivity contribution < 1.29 is 26.4 Å². The number of sulfonamides is 1. The minimum Gasteiger partial charge on any atom is -0.383 e. The van der Waals surface area contributed by atoms with Gasteiger partial charge in [0.25, 0.3) is 15.9 Å². The van der Waals surface area contributed by atoms with Crippen molar-refractivity contribution in [1.29, 1.82) is 0 Å². The van der Waals surface area contributed by atoms with Crippen LogP contribution in [0, 0.1) is 5.92 Å². The molecule has 12 heteroatoms. The van der Waals surface area contributed by atoms with E-state index in [4.69, 9.17) is 5.73 Å². The molecule has 0 radical (unpaired) electrons. The van der Waals surface area contributed by atoms with Crippen LogP contribution in [0.15, 0.2) is 59.6 Å². The predicted octanol–water partition coefficient (Wildman–Crippen LogP) is 4.49. The highest BCUT2D eigenvalue weighted by molar-refractivity contribution is 7.90. The summed E-state index contributed by atoms with van der Waals surface area (Å²) in [5.74, 6) is -0.972. The summed E-state index contributed by atoms with van der Waals surface area (Å²) in [4.78, 5) is 23.0. The minimum absolute atomic E-state index is 0.00851. The number of nitrogens with two attached hydrogens (primary N) is 1. The van der Waals surface area contributed by atoms with Gasteiger partial charge in [0.05, 0.1) is 16.8 Å². The first-order chi connectivity index (χ1) is 17.2. The van der Waals surface area contributed by atoms with Gasteiger partial charge in [-0.1, -0.05) is 25.1 Å².